The van der Waals surface area contributed by atoms with Gasteiger partial charge in [-0.15, -0.1) is 0 Å². The summed E-state index contributed by atoms with van der Waals surface area (Å²) in [7, 11) is 0. The molecule has 0 unspecified atom stereocenters. The molecule has 28 heavy (non-hydrogen) atoms. The SMILES string of the molecule is C/C=C\C(=C/C)c1cc(-c2cc(OS)c3ccccc3c2OS)ccc1OS. The molecule has 0 aliphatic carbocycles. The summed E-state index contributed by atoms with van der Waals surface area (Å²) in [6, 6.07) is 15.5. The van der Waals surface area contributed by atoms with Crippen LogP contribution in [0.15, 0.2) is 66.8 Å². The molecule has 0 amide bonds. The van der Waals surface area contributed by atoms with Crippen LogP contribution in [0.1, 0.15) is 19.4 Å². The van der Waals surface area contributed by atoms with Gasteiger partial charge in [0.1, 0.15) is 11.5 Å². The van der Waals surface area contributed by atoms with E-state index in [0.717, 1.165) is 33.0 Å². The first kappa shape index (κ1) is 20.6. The van der Waals surface area contributed by atoms with E-state index in [-0.39, 0.29) is 0 Å². The second-order valence-corrected chi connectivity index (χ2v) is 6.57. The Labute approximate surface area is 181 Å². The lowest BCUT2D eigenvalue weighted by Gasteiger charge is -2.16. The second-order valence-electron chi connectivity index (χ2n) is 6.03. The monoisotopic (exact) mass is 428 g/mol. The minimum atomic E-state index is 0.638. The van der Waals surface area contributed by atoms with Crippen LogP contribution in [0.25, 0.3) is 27.5 Å². The maximum atomic E-state index is 5.48. The minimum Gasteiger partial charge on any atom is -0.428 e. The van der Waals surface area contributed by atoms with E-state index in [0.29, 0.717) is 17.2 Å². The number of hydrogen-bond donors (Lipinski definition) is 3. The Balaban J connectivity index is 2.31. The first-order chi connectivity index (χ1) is 13.7. The van der Waals surface area contributed by atoms with Gasteiger partial charge in [0, 0.05) is 60.6 Å². The van der Waals surface area contributed by atoms with Crippen LogP contribution in [0.3, 0.4) is 0 Å². The Morgan fingerprint density at radius 3 is 2.14 bits per heavy atom. The fourth-order valence-corrected chi connectivity index (χ4v) is 3.73. The van der Waals surface area contributed by atoms with Crippen molar-refractivity contribution in [3.8, 4) is 28.4 Å². The fourth-order valence-electron chi connectivity index (χ4n) is 3.23. The van der Waals surface area contributed by atoms with Crippen LogP contribution in [-0.2, 0) is 0 Å². The molecular formula is C22H20O3S3. The highest BCUT2D eigenvalue weighted by Gasteiger charge is 2.17. The van der Waals surface area contributed by atoms with Crippen LogP contribution < -0.4 is 12.5 Å². The van der Waals surface area contributed by atoms with Crippen molar-refractivity contribution >= 4 is 55.1 Å². The number of fused-ring (bicyclic) bond motifs is 1. The summed E-state index contributed by atoms with van der Waals surface area (Å²) < 4.78 is 16.1. The molecule has 0 saturated heterocycles. The number of benzene rings is 3. The molecule has 3 rings (SSSR count). The Morgan fingerprint density at radius 2 is 1.54 bits per heavy atom. The van der Waals surface area contributed by atoms with E-state index in [2.05, 4.69) is 38.7 Å². The molecule has 6 heteroatoms. The van der Waals surface area contributed by atoms with E-state index in [1.54, 1.807) is 0 Å². The summed E-state index contributed by atoms with van der Waals surface area (Å²) in [5, 5.41) is 1.78. The number of thiol groups is 3. The zero-order chi connectivity index (χ0) is 20.1. The maximum Gasteiger partial charge on any atom is 0.152 e. The molecule has 3 aromatic carbocycles. The number of hydrogen-bond acceptors (Lipinski definition) is 6. The van der Waals surface area contributed by atoms with E-state index >= 15 is 0 Å². The Kier molecular flexibility index (Phi) is 6.88. The van der Waals surface area contributed by atoms with Crippen LogP contribution in [0.4, 0.5) is 0 Å². The third kappa shape index (κ3) is 3.85. The van der Waals surface area contributed by atoms with Gasteiger partial charge in [0.15, 0.2) is 5.75 Å². The van der Waals surface area contributed by atoms with Gasteiger partial charge in [-0.2, -0.15) is 0 Å². The molecule has 0 bridgehead atoms. The van der Waals surface area contributed by atoms with E-state index in [1.165, 1.54) is 0 Å². The normalized spacial score (nSPS) is 11.8. The number of allylic oxidation sites excluding steroid dienone is 4. The van der Waals surface area contributed by atoms with E-state index < -0.39 is 0 Å². The van der Waals surface area contributed by atoms with E-state index in [1.807, 2.05) is 80.6 Å². The van der Waals surface area contributed by atoms with Crippen molar-refractivity contribution in [2.24, 2.45) is 0 Å². The van der Waals surface area contributed by atoms with E-state index in [9.17, 15) is 0 Å². The zero-order valence-electron chi connectivity index (χ0n) is 15.4. The fraction of sp³-hybridized carbons (Fsp3) is 0.0909. The van der Waals surface area contributed by atoms with Crippen molar-refractivity contribution in [2.45, 2.75) is 13.8 Å². The largest absolute Gasteiger partial charge is 0.428 e. The molecule has 0 aliphatic heterocycles. The van der Waals surface area contributed by atoms with Crippen molar-refractivity contribution in [1.29, 1.82) is 0 Å². The van der Waals surface area contributed by atoms with Gasteiger partial charge >= 0.3 is 0 Å². The quantitative estimate of drug-likeness (QED) is 0.221. The van der Waals surface area contributed by atoms with Gasteiger partial charge in [-0.25, -0.2) is 0 Å². The van der Waals surface area contributed by atoms with Gasteiger partial charge in [-0.3, -0.25) is 0 Å². The van der Waals surface area contributed by atoms with Crippen molar-refractivity contribution in [3.63, 3.8) is 0 Å². The van der Waals surface area contributed by atoms with Crippen LogP contribution in [0.2, 0.25) is 0 Å². The Morgan fingerprint density at radius 1 is 0.821 bits per heavy atom. The predicted octanol–water partition coefficient (Wildman–Crippen LogP) is 7.16. The molecule has 0 radical (unpaired) electrons. The highest BCUT2D eigenvalue weighted by molar-refractivity contribution is 7.75. The average molecular weight is 429 g/mol. The molecule has 144 valence electrons. The molecule has 0 N–H and O–H groups in total. The van der Waals surface area contributed by atoms with Crippen LogP contribution >= 0.6 is 38.7 Å². The average Bonchev–Trinajstić information content (AvgIpc) is 2.75. The molecule has 0 fully saturated rings. The minimum absolute atomic E-state index is 0.638. The first-order valence-corrected chi connectivity index (χ1v) is 9.71. The molecule has 0 atom stereocenters. The highest BCUT2D eigenvalue weighted by Crippen LogP contribution is 2.44. The summed E-state index contributed by atoms with van der Waals surface area (Å²) >= 11 is 12.1. The van der Waals surface area contributed by atoms with Gasteiger partial charge in [-0.05, 0) is 43.2 Å². The van der Waals surface area contributed by atoms with Gasteiger partial charge in [-0.1, -0.05) is 48.6 Å². The lowest BCUT2D eigenvalue weighted by Crippen LogP contribution is -1.92. The van der Waals surface area contributed by atoms with Crippen LogP contribution in [0.5, 0.6) is 17.2 Å². The third-order valence-corrected chi connectivity index (χ3v) is 5.08. The van der Waals surface area contributed by atoms with Crippen molar-refractivity contribution in [3.05, 3.63) is 72.3 Å². The molecule has 0 heterocycles. The number of rotatable bonds is 6. The maximum absolute atomic E-state index is 5.48. The van der Waals surface area contributed by atoms with Crippen LogP contribution in [0, 0.1) is 0 Å². The Hall–Kier alpha value is -2.15. The summed E-state index contributed by atoms with van der Waals surface area (Å²) in [4.78, 5) is 0. The Bertz CT molecular complexity index is 1060. The summed E-state index contributed by atoms with van der Waals surface area (Å²) in [5.41, 5.74) is 3.70. The van der Waals surface area contributed by atoms with Crippen LogP contribution in [-0.4, -0.2) is 0 Å². The van der Waals surface area contributed by atoms with Crippen molar-refractivity contribution in [1.82, 2.24) is 0 Å². The van der Waals surface area contributed by atoms with Crippen molar-refractivity contribution in [2.75, 3.05) is 0 Å². The second kappa shape index (κ2) is 9.37. The molecular weight excluding hydrogens is 408 g/mol. The van der Waals surface area contributed by atoms with Gasteiger partial charge in [0.05, 0.1) is 0 Å². The zero-order valence-corrected chi connectivity index (χ0v) is 18.1. The standard InChI is InChI=1S/C22H20O3S3/c1-3-7-14(4-2)18-12-15(10-11-20(18)23-26)19-13-21(24-27)16-8-5-6-9-17(16)22(19)25-28/h3-13,26-28H,1-2H3/b7-3-,14-4+. The lowest BCUT2D eigenvalue weighted by atomic mass is 9.95. The van der Waals surface area contributed by atoms with Gasteiger partial charge < -0.3 is 12.5 Å². The summed E-state index contributed by atoms with van der Waals surface area (Å²) in [6.07, 6.45) is 6.03. The summed E-state index contributed by atoms with van der Waals surface area (Å²) in [6.45, 7) is 3.95. The first-order valence-electron chi connectivity index (χ1n) is 8.62. The molecule has 0 aromatic heterocycles. The third-order valence-electron chi connectivity index (χ3n) is 4.50. The van der Waals surface area contributed by atoms with E-state index in [4.69, 9.17) is 12.5 Å². The summed E-state index contributed by atoms with van der Waals surface area (Å²) in [5.74, 6) is 1.95. The molecule has 3 nitrogen and oxygen atoms in total. The van der Waals surface area contributed by atoms with Gasteiger partial charge in [0.25, 0.3) is 0 Å². The highest BCUT2D eigenvalue weighted by atomic mass is 32.1. The smallest absolute Gasteiger partial charge is 0.152 e. The molecule has 0 spiro atoms. The predicted molar refractivity (Wildman–Crippen MR) is 127 cm³/mol. The topological polar surface area (TPSA) is 27.7 Å². The molecule has 0 aliphatic rings. The molecule has 0 saturated carbocycles. The lowest BCUT2D eigenvalue weighted by molar-refractivity contribution is 0.653. The van der Waals surface area contributed by atoms with Gasteiger partial charge in [0.2, 0.25) is 0 Å². The van der Waals surface area contributed by atoms with Crippen molar-refractivity contribution < 1.29 is 12.5 Å². The molecule has 3 aromatic rings.